The van der Waals surface area contributed by atoms with Gasteiger partial charge in [-0.3, -0.25) is 4.68 Å². The van der Waals surface area contributed by atoms with Crippen LogP contribution >= 0.6 is 0 Å². The van der Waals surface area contributed by atoms with Gasteiger partial charge in [-0.1, -0.05) is 6.92 Å². The molecule has 0 saturated heterocycles. The van der Waals surface area contributed by atoms with Crippen LogP contribution in [-0.2, 0) is 13.6 Å². The molecule has 0 unspecified atom stereocenters. The largest absolute Gasteiger partial charge is 0.370 e. The Kier molecular flexibility index (Phi) is 4.55. The molecule has 2 heterocycles. The minimum absolute atomic E-state index is 0.713. The van der Waals surface area contributed by atoms with Crippen molar-refractivity contribution in [1.82, 2.24) is 19.7 Å². The van der Waals surface area contributed by atoms with Crippen molar-refractivity contribution in [2.75, 3.05) is 17.2 Å². The molecule has 6 heteroatoms. The fourth-order valence-electron chi connectivity index (χ4n) is 2.05. The molecule has 0 aliphatic carbocycles. The van der Waals surface area contributed by atoms with Gasteiger partial charge in [-0.05, 0) is 20.3 Å². The third-order valence-electron chi connectivity index (χ3n) is 3.19. The normalized spacial score (nSPS) is 10.6. The number of nitrogens with one attached hydrogen (secondary N) is 2. The first-order chi connectivity index (χ1) is 9.61. The second-order valence-electron chi connectivity index (χ2n) is 4.89. The molecular formula is C14H22N6. The van der Waals surface area contributed by atoms with Crippen LogP contribution in [-0.4, -0.2) is 26.3 Å². The summed E-state index contributed by atoms with van der Waals surface area (Å²) in [7, 11) is 1.93. The lowest BCUT2D eigenvalue weighted by Gasteiger charge is -2.12. The highest BCUT2D eigenvalue weighted by Crippen LogP contribution is 2.19. The first-order valence-electron chi connectivity index (χ1n) is 6.90. The number of hydrogen-bond donors (Lipinski definition) is 2. The van der Waals surface area contributed by atoms with Gasteiger partial charge >= 0.3 is 0 Å². The smallest absolute Gasteiger partial charge is 0.134 e. The molecule has 0 radical (unpaired) electrons. The minimum Gasteiger partial charge on any atom is -0.370 e. The lowest BCUT2D eigenvalue weighted by Crippen LogP contribution is -2.09. The van der Waals surface area contributed by atoms with E-state index in [-0.39, 0.29) is 0 Å². The van der Waals surface area contributed by atoms with Crippen LogP contribution in [0.15, 0.2) is 12.5 Å². The van der Waals surface area contributed by atoms with Crippen molar-refractivity contribution in [3.05, 3.63) is 29.3 Å². The average molecular weight is 274 g/mol. The Morgan fingerprint density at radius 2 is 1.85 bits per heavy atom. The van der Waals surface area contributed by atoms with Gasteiger partial charge in [0, 0.05) is 37.5 Å². The van der Waals surface area contributed by atoms with Crippen LogP contribution in [0.25, 0.3) is 0 Å². The van der Waals surface area contributed by atoms with E-state index in [0.717, 1.165) is 35.9 Å². The van der Waals surface area contributed by atoms with Crippen LogP contribution in [0.5, 0.6) is 0 Å². The highest BCUT2D eigenvalue weighted by atomic mass is 15.3. The summed E-state index contributed by atoms with van der Waals surface area (Å²) in [5.41, 5.74) is 3.26. The molecule has 0 saturated carbocycles. The quantitative estimate of drug-likeness (QED) is 0.845. The van der Waals surface area contributed by atoms with Crippen LogP contribution in [0.3, 0.4) is 0 Å². The van der Waals surface area contributed by atoms with Gasteiger partial charge in [-0.2, -0.15) is 5.10 Å². The summed E-state index contributed by atoms with van der Waals surface area (Å²) < 4.78 is 1.83. The monoisotopic (exact) mass is 274 g/mol. The number of anilines is 2. The number of rotatable bonds is 6. The van der Waals surface area contributed by atoms with Crippen molar-refractivity contribution >= 4 is 11.6 Å². The van der Waals surface area contributed by atoms with Gasteiger partial charge in [-0.25, -0.2) is 9.97 Å². The molecule has 108 valence electrons. The Bertz CT molecular complexity index is 575. The predicted molar refractivity (Wildman–Crippen MR) is 80.8 cm³/mol. The second kappa shape index (κ2) is 6.36. The summed E-state index contributed by atoms with van der Waals surface area (Å²) in [6, 6.07) is 0. The molecule has 6 nitrogen and oxygen atoms in total. The van der Waals surface area contributed by atoms with E-state index < -0.39 is 0 Å². The zero-order valence-corrected chi connectivity index (χ0v) is 12.6. The summed E-state index contributed by atoms with van der Waals surface area (Å²) in [4.78, 5) is 8.58. The molecule has 0 aromatic carbocycles. The van der Waals surface area contributed by atoms with E-state index in [1.165, 1.54) is 5.56 Å². The molecule has 0 aliphatic rings. The minimum atomic E-state index is 0.713. The lowest BCUT2D eigenvalue weighted by molar-refractivity contribution is 0.756. The van der Waals surface area contributed by atoms with E-state index in [0.29, 0.717) is 6.54 Å². The zero-order valence-electron chi connectivity index (χ0n) is 12.6. The molecule has 2 N–H and O–H groups in total. The van der Waals surface area contributed by atoms with Gasteiger partial charge in [0.15, 0.2) is 0 Å². The van der Waals surface area contributed by atoms with E-state index in [1.807, 2.05) is 31.8 Å². The predicted octanol–water partition coefficient (Wildman–Crippen LogP) is 2.26. The molecule has 0 fully saturated rings. The third kappa shape index (κ3) is 3.26. The highest BCUT2D eigenvalue weighted by molar-refractivity contribution is 5.56. The molecule has 2 rings (SSSR count). The van der Waals surface area contributed by atoms with Gasteiger partial charge in [-0.15, -0.1) is 0 Å². The summed E-state index contributed by atoms with van der Waals surface area (Å²) in [5.74, 6) is 1.76. The Morgan fingerprint density at radius 1 is 1.15 bits per heavy atom. The van der Waals surface area contributed by atoms with Gasteiger partial charge < -0.3 is 10.6 Å². The topological polar surface area (TPSA) is 67.7 Å². The van der Waals surface area contributed by atoms with Crippen molar-refractivity contribution in [2.45, 2.75) is 33.7 Å². The van der Waals surface area contributed by atoms with E-state index in [4.69, 9.17) is 0 Å². The van der Waals surface area contributed by atoms with Crippen LogP contribution in [0.1, 0.15) is 30.2 Å². The van der Waals surface area contributed by atoms with Crippen molar-refractivity contribution in [3.63, 3.8) is 0 Å². The Balaban J connectivity index is 2.07. The van der Waals surface area contributed by atoms with Gasteiger partial charge in [0.2, 0.25) is 0 Å². The summed E-state index contributed by atoms with van der Waals surface area (Å²) in [5, 5.41) is 11.0. The zero-order chi connectivity index (χ0) is 14.5. The lowest BCUT2D eigenvalue weighted by atomic mass is 10.2. The molecule has 0 bridgehead atoms. The van der Waals surface area contributed by atoms with Crippen molar-refractivity contribution in [3.8, 4) is 0 Å². The molecule has 2 aromatic heterocycles. The van der Waals surface area contributed by atoms with Crippen LogP contribution in [0.4, 0.5) is 11.6 Å². The van der Waals surface area contributed by atoms with E-state index in [1.54, 1.807) is 6.33 Å². The first-order valence-corrected chi connectivity index (χ1v) is 6.90. The third-order valence-corrected chi connectivity index (χ3v) is 3.19. The number of aryl methyl sites for hydroxylation is 2. The van der Waals surface area contributed by atoms with E-state index >= 15 is 0 Å². The van der Waals surface area contributed by atoms with Crippen LogP contribution in [0, 0.1) is 13.8 Å². The molecule has 0 aliphatic heterocycles. The maximum Gasteiger partial charge on any atom is 0.134 e. The second-order valence-corrected chi connectivity index (χ2v) is 4.89. The van der Waals surface area contributed by atoms with E-state index in [2.05, 4.69) is 32.6 Å². The highest BCUT2D eigenvalue weighted by Gasteiger charge is 2.08. The van der Waals surface area contributed by atoms with Crippen molar-refractivity contribution in [1.29, 1.82) is 0 Å². The molecule has 2 aromatic rings. The van der Waals surface area contributed by atoms with Crippen LogP contribution in [0.2, 0.25) is 0 Å². The van der Waals surface area contributed by atoms with Crippen molar-refractivity contribution in [2.24, 2.45) is 7.05 Å². The Morgan fingerprint density at radius 3 is 2.45 bits per heavy atom. The molecular weight excluding hydrogens is 252 g/mol. The standard InChI is InChI=1S/C14H22N6/c1-5-6-15-13-10(2)14(18-9-17-13)16-7-12-8-20(4)19-11(12)3/h8-9H,5-7H2,1-4H3,(H2,15,16,17,18). The summed E-state index contributed by atoms with van der Waals surface area (Å²) in [6.07, 6.45) is 4.68. The molecule has 20 heavy (non-hydrogen) atoms. The molecule has 0 amide bonds. The average Bonchev–Trinajstić information content (AvgIpc) is 2.74. The summed E-state index contributed by atoms with van der Waals surface area (Å²) >= 11 is 0. The number of nitrogens with zero attached hydrogens (tertiary/aromatic N) is 4. The fourth-order valence-corrected chi connectivity index (χ4v) is 2.05. The first kappa shape index (κ1) is 14.3. The van der Waals surface area contributed by atoms with Gasteiger partial charge in [0.05, 0.1) is 5.69 Å². The van der Waals surface area contributed by atoms with Gasteiger partial charge in [0.25, 0.3) is 0 Å². The molecule has 0 spiro atoms. The maximum atomic E-state index is 4.34. The number of hydrogen-bond acceptors (Lipinski definition) is 5. The van der Waals surface area contributed by atoms with E-state index in [9.17, 15) is 0 Å². The molecule has 0 atom stereocenters. The SMILES string of the molecule is CCCNc1ncnc(NCc2cn(C)nc2C)c1C. The van der Waals surface area contributed by atoms with Crippen LogP contribution < -0.4 is 10.6 Å². The summed E-state index contributed by atoms with van der Waals surface area (Å²) in [6.45, 7) is 7.80. The maximum absolute atomic E-state index is 4.34. The number of aromatic nitrogens is 4. The van der Waals surface area contributed by atoms with Gasteiger partial charge in [0.1, 0.15) is 18.0 Å². The van der Waals surface area contributed by atoms with Crippen molar-refractivity contribution < 1.29 is 0 Å². The Labute approximate surface area is 119 Å². The Hall–Kier alpha value is -2.11. The fraction of sp³-hybridized carbons (Fsp3) is 0.500.